The minimum atomic E-state index is 0.00581. The minimum Gasteiger partial charge on any atom is -0.497 e. The van der Waals surface area contributed by atoms with Gasteiger partial charge in [-0.25, -0.2) is 0 Å². The highest BCUT2D eigenvalue weighted by atomic mass is 16.5. The number of carbonyl (C=O) groups is 1. The van der Waals surface area contributed by atoms with Crippen LogP contribution < -0.4 is 10.1 Å². The van der Waals surface area contributed by atoms with Crippen LogP contribution in [0.15, 0.2) is 18.2 Å². The van der Waals surface area contributed by atoms with E-state index in [1.807, 2.05) is 18.2 Å². The molecule has 1 aromatic rings. The van der Waals surface area contributed by atoms with E-state index in [4.69, 9.17) is 4.74 Å². The van der Waals surface area contributed by atoms with Gasteiger partial charge in [0.1, 0.15) is 5.75 Å². The lowest BCUT2D eigenvalue weighted by Crippen LogP contribution is -2.11. The van der Waals surface area contributed by atoms with Crippen molar-refractivity contribution in [1.29, 1.82) is 0 Å². The van der Waals surface area contributed by atoms with Crippen LogP contribution in [0.5, 0.6) is 5.75 Å². The summed E-state index contributed by atoms with van der Waals surface area (Å²) in [5, 5.41) is 2.97. The van der Waals surface area contributed by atoms with E-state index in [9.17, 15) is 4.79 Å². The Morgan fingerprint density at radius 3 is 2.65 bits per heavy atom. The Kier molecular flexibility index (Phi) is 5.45. The zero-order valence-corrected chi connectivity index (χ0v) is 12.6. The van der Waals surface area contributed by atoms with E-state index >= 15 is 0 Å². The summed E-state index contributed by atoms with van der Waals surface area (Å²) >= 11 is 0. The van der Waals surface area contributed by atoms with Crippen molar-refractivity contribution >= 4 is 11.6 Å². The highest BCUT2D eigenvalue weighted by Gasteiger charge is 2.30. The Hall–Kier alpha value is -1.51. The highest BCUT2D eigenvalue weighted by molar-refractivity contribution is 6.03. The smallest absolute Gasteiger partial charge is 0.232 e. The molecule has 1 heterocycles. The predicted octanol–water partition coefficient (Wildman–Crippen LogP) is 4.48. The average molecular weight is 275 g/mol. The molecule has 110 valence electrons. The maximum atomic E-state index is 12.0. The summed E-state index contributed by atoms with van der Waals surface area (Å²) in [5.41, 5.74) is 2.05. The van der Waals surface area contributed by atoms with Crippen molar-refractivity contribution in [2.45, 2.75) is 57.8 Å². The molecule has 3 heteroatoms. The van der Waals surface area contributed by atoms with Crippen LogP contribution in [-0.4, -0.2) is 13.0 Å². The van der Waals surface area contributed by atoms with E-state index in [2.05, 4.69) is 12.2 Å². The molecule has 1 atom stereocenters. The minimum absolute atomic E-state index is 0.00581. The van der Waals surface area contributed by atoms with Crippen LogP contribution in [0.25, 0.3) is 0 Å². The van der Waals surface area contributed by atoms with Gasteiger partial charge in [-0.2, -0.15) is 0 Å². The van der Waals surface area contributed by atoms with E-state index in [-0.39, 0.29) is 11.8 Å². The molecule has 0 spiro atoms. The number of hydrogen-bond donors (Lipinski definition) is 1. The zero-order valence-electron chi connectivity index (χ0n) is 12.6. The molecular formula is C17H25NO2. The van der Waals surface area contributed by atoms with Gasteiger partial charge in [-0.3, -0.25) is 4.79 Å². The number of benzene rings is 1. The second-order valence-electron chi connectivity index (χ2n) is 5.55. The predicted molar refractivity (Wildman–Crippen MR) is 82.4 cm³/mol. The van der Waals surface area contributed by atoms with Crippen molar-refractivity contribution in [1.82, 2.24) is 0 Å². The van der Waals surface area contributed by atoms with E-state index in [1.165, 1.54) is 32.1 Å². The van der Waals surface area contributed by atoms with Crippen LogP contribution in [0.3, 0.4) is 0 Å². The van der Waals surface area contributed by atoms with Gasteiger partial charge < -0.3 is 10.1 Å². The lowest BCUT2D eigenvalue weighted by Gasteiger charge is -2.09. The maximum absolute atomic E-state index is 12.0. The number of rotatable bonds is 8. The number of nitrogens with one attached hydrogen (secondary N) is 1. The molecule has 0 radical (unpaired) electrons. The quantitative estimate of drug-likeness (QED) is 0.710. The monoisotopic (exact) mass is 275 g/mol. The van der Waals surface area contributed by atoms with Gasteiger partial charge in [-0.05, 0) is 30.2 Å². The summed E-state index contributed by atoms with van der Waals surface area (Å²) in [6.45, 7) is 2.23. The Labute approximate surface area is 121 Å². The van der Waals surface area contributed by atoms with Crippen molar-refractivity contribution in [2.24, 2.45) is 0 Å². The first-order chi connectivity index (χ1) is 9.76. The second-order valence-corrected chi connectivity index (χ2v) is 5.55. The third-order valence-electron chi connectivity index (χ3n) is 4.05. The maximum Gasteiger partial charge on any atom is 0.232 e. The van der Waals surface area contributed by atoms with Crippen molar-refractivity contribution < 1.29 is 9.53 Å². The van der Waals surface area contributed by atoms with Gasteiger partial charge in [0.2, 0.25) is 5.91 Å². The number of fused-ring (bicyclic) bond motifs is 1. The molecule has 2 rings (SSSR count). The van der Waals surface area contributed by atoms with E-state index < -0.39 is 0 Å². The molecule has 20 heavy (non-hydrogen) atoms. The molecule has 0 saturated carbocycles. The molecule has 0 bridgehead atoms. The van der Waals surface area contributed by atoms with Gasteiger partial charge in [0.25, 0.3) is 0 Å². The summed E-state index contributed by atoms with van der Waals surface area (Å²) < 4.78 is 5.25. The molecule has 0 fully saturated rings. The van der Waals surface area contributed by atoms with E-state index in [1.54, 1.807) is 7.11 Å². The zero-order chi connectivity index (χ0) is 14.4. The molecule has 1 amide bonds. The summed E-state index contributed by atoms with van der Waals surface area (Å²) in [6, 6.07) is 5.83. The number of hydrogen-bond acceptors (Lipinski definition) is 2. The molecule has 1 aliphatic heterocycles. The van der Waals surface area contributed by atoms with Crippen LogP contribution >= 0.6 is 0 Å². The Balaban J connectivity index is 1.88. The molecule has 1 N–H and O–H groups in total. The first-order valence-corrected chi connectivity index (χ1v) is 7.75. The Morgan fingerprint density at radius 2 is 1.90 bits per heavy atom. The molecule has 3 nitrogen and oxygen atoms in total. The molecule has 1 aromatic carbocycles. The average Bonchev–Trinajstić information content (AvgIpc) is 2.77. The van der Waals surface area contributed by atoms with Crippen molar-refractivity contribution in [3.05, 3.63) is 23.8 Å². The normalized spacial score (nSPS) is 16.9. The summed E-state index contributed by atoms with van der Waals surface area (Å²) in [6.07, 6.45) is 8.49. The second kappa shape index (κ2) is 7.32. The van der Waals surface area contributed by atoms with E-state index in [0.717, 1.165) is 29.8 Å². The topological polar surface area (TPSA) is 38.3 Å². The van der Waals surface area contributed by atoms with Crippen LogP contribution in [0.4, 0.5) is 5.69 Å². The number of ether oxygens (including phenoxy) is 1. The lowest BCUT2D eigenvalue weighted by atomic mass is 9.94. The van der Waals surface area contributed by atoms with Gasteiger partial charge in [-0.1, -0.05) is 45.4 Å². The van der Waals surface area contributed by atoms with Crippen LogP contribution in [0.1, 0.15) is 63.4 Å². The lowest BCUT2D eigenvalue weighted by molar-refractivity contribution is -0.117. The van der Waals surface area contributed by atoms with Gasteiger partial charge in [0.15, 0.2) is 0 Å². The van der Waals surface area contributed by atoms with Crippen molar-refractivity contribution in [3.63, 3.8) is 0 Å². The van der Waals surface area contributed by atoms with Gasteiger partial charge in [-0.15, -0.1) is 0 Å². The fourth-order valence-electron chi connectivity index (χ4n) is 2.85. The standard InChI is InChI=1S/C17H25NO2/c1-3-4-5-6-7-8-9-14-15-12-13(20-2)10-11-16(15)18-17(14)19/h10-12,14H,3-9H2,1-2H3,(H,18,19). The number of anilines is 1. The molecule has 0 aliphatic carbocycles. The fraction of sp³-hybridized carbons (Fsp3) is 0.588. The van der Waals surface area contributed by atoms with E-state index in [0.29, 0.717) is 0 Å². The Bertz CT molecular complexity index is 456. The van der Waals surface area contributed by atoms with Gasteiger partial charge in [0, 0.05) is 5.69 Å². The van der Waals surface area contributed by atoms with Crippen LogP contribution in [0, 0.1) is 0 Å². The third-order valence-corrected chi connectivity index (χ3v) is 4.05. The molecule has 0 aromatic heterocycles. The number of amides is 1. The first-order valence-electron chi connectivity index (χ1n) is 7.75. The molecular weight excluding hydrogens is 250 g/mol. The van der Waals surface area contributed by atoms with Crippen molar-refractivity contribution in [3.8, 4) is 5.75 Å². The van der Waals surface area contributed by atoms with Gasteiger partial charge >= 0.3 is 0 Å². The molecule has 1 aliphatic rings. The summed E-state index contributed by atoms with van der Waals surface area (Å²) in [7, 11) is 1.66. The van der Waals surface area contributed by atoms with Crippen LogP contribution in [0.2, 0.25) is 0 Å². The summed E-state index contributed by atoms with van der Waals surface area (Å²) in [4.78, 5) is 12.0. The number of carbonyl (C=O) groups excluding carboxylic acids is 1. The Morgan fingerprint density at radius 1 is 1.15 bits per heavy atom. The fourth-order valence-corrected chi connectivity index (χ4v) is 2.85. The number of unbranched alkanes of at least 4 members (excludes halogenated alkanes) is 5. The van der Waals surface area contributed by atoms with Crippen LogP contribution in [-0.2, 0) is 4.79 Å². The SMILES string of the molecule is CCCCCCCCC1C(=O)Nc2ccc(OC)cc21. The molecule has 1 unspecified atom stereocenters. The highest BCUT2D eigenvalue weighted by Crippen LogP contribution is 2.37. The largest absolute Gasteiger partial charge is 0.497 e. The summed E-state index contributed by atoms with van der Waals surface area (Å²) in [5.74, 6) is 0.973. The third kappa shape index (κ3) is 3.53. The van der Waals surface area contributed by atoms with Gasteiger partial charge in [0.05, 0.1) is 13.0 Å². The first kappa shape index (κ1) is 14.9. The van der Waals surface area contributed by atoms with Crippen molar-refractivity contribution in [2.75, 3.05) is 12.4 Å². The molecule has 0 saturated heterocycles. The number of methoxy groups -OCH3 is 1.